The largest absolute Gasteiger partial charge is 0.332 e. The lowest BCUT2D eigenvalue weighted by atomic mass is 10.1. The van der Waals surface area contributed by atoms with Crippen LogP contribution < -0.4 is 0 Å². The number of benzene rings is 2. The Morgan fingerprint density at radius 2 is 1.77 bits per heavy atom. The molecule has 30 heavy (non-hydrogen) atoms. The van der Waals surface area contributed by atoms with Crippen LogP contribution in [-0.2, 0) is 17.9 Å². The van der Waals surface area contributed by atoms with E-state index in [1.165, 1.54) is 18.2 Å². The molecule has 0 aliphatic heterocycles. The van der Waals surface area contributed by atoms with Gasteiger partial charge in [0.05, 0.1) is 6.54 Å². The summed E-state index contributed by atoms with van der Waals surface area (Å²) < 4.78 is 13.6. The van der Waals surface area contributed by atoms with Crippen molar-refractivity contribution in [3.8, 4) is 0 Å². The Morgan fingerprint density at radius 3 is 2.43 bits per heavy atom. The first-order valence-electron chi connectivity index (χ1n) is 10.0. The van der Waals surface area contributed by atoms with Crippen LogP contribution in [0.25, 0.3) is 0 Å². The van der Waals surface area contributed by atoms with Crippen LogP contribution in [0.5, 0.6) is 0 Å². The highest BCUT2D eigenvalue weighted by Gasteiger charge is 2.35. The third kappa shape index (κ3) is 5.13. The predicted molar refractivity (Wildman–Crippen MR) is 115 cm³/mol. The van der Waals surface area contributed by atoms with Gasteiger partial charge in [0.25, 0.3) is 5.91 Å². The zero-order chi connectivity index (χ0) is 20.9. The van der Waals surface area contributed by atoms with E-state index in [-0.39, 0.29) is 30.0 Å². The number of halogens is 1. The zero-order valence-electron chi connectivity index (χ0n) is 16.5. The van der Waals surface area contributed by atoms with E-state index in [4.69, 9.17) is 0 Å². The topological polar surface area (TPSA) is 40.6 Å². The van der Waals surface area contributed by atoms with Crippen molar-refractivity contribution in [3.05, 3.63) is 93.9 Å². The van der Waals surface area contributed by atoms with Crippen molar-refractivity contribution in [3.63, 3.8) is 0 Å². The fraction of sp³-hybridized carbons (Fsp3) is 0.250. The molecule has 6 heteroatoms. The van der Waals surface area contributed by atoms with Crippen molar-refractivity contribution in [2.24, 2.45) is 0 Å². The van der Waals surface area contributed by atoms with Gasteiger partial charge in [0, 0.05) is 23.0 Å². The summed E-state index contributed by atoms with van der Waals surface area (Å²) in [4.78, 5) is 30.8. The van der Waals surface area contributed by atoms with Gasteiger partial charge >= 0.3 is 0 Å². The summed E-state index contributed by atoms with van der Waals surface area (Å²) in [7, 11) is 0. The highest BCUT2D eigenvalue weighted by atomic mass is 32.1. The number of nitrogens with zero attached hydrogens (tertiary/aromatic N) is 2. The first-order chi connectivity index (χ1) is 14.6. The number of carbonyl (C=O) groups excluding carboxylic acids is 2. The molecule has 1 saturated carbocycles. The van der Waals surface area contributed by atoms with Crippen molar-refractivity contribution >= 4 is 23.2 Å². The average Bonchev–Trinajstić information content (AvgIpc) is 3.47. The van der Waals surface area contributed by atoms with Gasteiger partial charge < -0.3 is 9.80 Å². The molecule has 0 unspecified atom stereocenters. The fourth-order valence-corrected chi connectivity index (χ4v) is 4.13. The summed E-state index contributed by atoms with van der Waals surface area (Å²) in [5.74, 6) is -0.851. The highest BCUT2D eigenvalue weighted by molar-refractivity contribution is 7.09. The first kappa shape index (κ1) is 20.3. The molecule has 1 aromatic heterocycles. The van der Waals surface area contributed by atoms with Gasteiger partial charge in [-0.05, 0) is 48.1 Å². The Morgan fingerprint density at radius 1 is 0.967 bits per heavy atom. The summed E-state index contributed by atoms with van der Waals surface area (Å²) >= 11 is 1.61. The highest BCUT2D eigenvalue weighted by Crippen LogP contribution is 2.29. The van der Waals surface area contributed by atoms with Gasteiger partial charge in [-0.15, -0.1) is 11.3 Å². The molecule has 0 atom stereocenters. The lowest BCUT2D eigenvalue weighted by molar-refractivity contribution is -0.133. The standard InChI is InChI=1S/C24H23FN2O2S/c25-20-9-4-8-19(14-20)24(29)27(21-11-12-21)17-23(28)26(16-22-10-5-13-30-22)15-18-6-2-1-3-7-18/h1-10,13-14,21H,11-12,15-17H2. The number of carbonyl (C=O) groups is 2. The molecule has 0 spiro atoms. The molecule has 2 aromatic carbocycles. The molecule has 0 radical (unpaired) electrons. The third-order valence-electron chi connectivity index (χ3n) is 5.12. The van der Waals surface area contributed by atoms with Crippen LogP contribution in [0.3, 0.4) is 0 Å². The summed E-state index contributed by atoms with van der Waals surface area (Å²) in [6, 6.07) is 19.5. The minimum atomic E-state index is -0.452. The van der Waals surface area contributed by atoms with Gasteiger partial charge in [0.15, 0.2) is 0 Å². The Hall–Kier alpha value is -2.99. The second-order valence-electron chi connectivity index (χ2n) is 7.49. The van der Waals surface area contributed by atoms with E-state index in [1.807, 2.05) is 47.8 Å². The van der Waals surface area contributed by atoms with Gasteiger partial charge in [-0.1, -0.05) is 42.5 Å². The van der Waals surface area contributed by atoms with Gasteiger partial charge in [-0.3, -0.25) is 9.59 Å². The van der Waals surface area contributed by atoms with E-state index in [0.29, 0.717) is 13.1 Å². The zero-order valence-corrected chi connectivity index (χ0v) is 17.4. The quantitative estimate of drug-likeness (QED) is 0.527. The molecular weight excluding hydrogens is 399 g/mol. The molecule has 1 fully saturated rings. The Bertz CT molecular complexity index is 1000. The molecule has 1 aliphatic rings. The lowest BCUT2D eigenvalue weighted by Crippen LogP contribution is -2.43. The van der Waals surface area contributed by atoms with Gasteiger partial charge in [0.2, 0.25) is 5.91 Å². The van der Waals surface area contributed by atoms with Crippen molar-refractivity contribution in [1.29, 1.82) is 0 Å². The second-order valence-corrected chi connectivity index (χ2v) is 8.52. The molecule has 1 heterocycles. The summed E-state index contributed by atoms with van der Waals surface area (Å²) in [6.07, 6.45) is 1.75. The van der Waals surface area contributed by atoms with E-state index in [9.17, 15) is 14.0 Å². The number of rotatable bonds is 8. The van der Waals surface area contributed by atoms with Crippen LogP contribution in [0, 0.1) is 5.82 Å². The third-order valence-corrected chi connectivity index (χ3v) is 5.98. The number of amides is 2. The summed E-state index contributed by atoms with van der Waals surface area (Å²) in [5, 5.41) is 1.99. The average molecular weight is 423 g/mol. The lowest BCUT2D eigenvalue weighted by Gasteiger charge is -2.28. The van der Waals surface area contributed by atoms with E-state index in [2.05, 4.69) is 0 Å². The number of hydrogen-bond donors (Lipinski definition) is 0. The fourth-order valence-electron chi connectivity index (χ4n) is 3.41. The Kier molecular flexibility index (Phi) is 6.23. The van der Waals surface area contributed by atoms with Crippen molar-refractivity contribution < 1.29 is 14.0 Å². The van der Waals surface area contributed by atoms with E-state index < -0.39 is 5.82 Å². The molecule has 0 bridgehead atoms. The first-order valence-corrected chi connectivity index (χ1v) is 10.9. The van der Waals surface area contributed by atoms with Gasteiger partial charge in [-0.25, -0.2) is 4.39 Å². The van der Waals surface area contributed by atoms with Crippen LogP contribution in [-0.4, -0.2) is 34.2 Å². The molecule has 154 valence electrons. The van der Waals surface area contributed by atoms with E-state index in [1.54, 1.807) is 27.2 Å². The Balaban J connectivity index is 1.52. The maximum absolute atomic E-state index is 13.6. The van der Waals surface area contributed by atoms with Crippen LogP contribution in [0.1, 0.15) is 33.6 Å². The summed E-state index contributed by atoms with van der Waals surface area (Å²) in [6.45, 7) is 0.973. The molecule has 1 aliphatic carbocycles. The molecule has 4 nitrogen and oxygen atoms in total. The minimum absolute atomic E-state index is 0.00176. The Labute approximate surface area is 179 Å². The number of thiophene rings is 1. The monoisotopic (exact) mass is 422 g/mol. The van der Waals surface area contributed by atoms with Crippen LogP contribution in [0.15, 0.2) is 72.1 Å². The summed E-state index contributed by atoms with van der Waals surface area (Å²) in [5.41, 5.74) is 1.32. The maximum atomic E-state index is 13.6. The van der Waals surface area contributed by atoms with Gasteiger partial charge in [-0.2, -0.15) is 0 Å². The molecular formula is C24H23FN2O2S. The van der Waals surface area contributed by atoms with E-state index >= 15 is 0 Å². The van der Waals surface area contributed by atoms with Crippen molar-refractivity contribution in [2.75, 3.05) is 6.54 Å². The SMILES string of the molecule is O=C(CN(C(=O)c1cccc(F)c1)C1CC1)N(Cc1ccccc1)Cc1cccs1. The predicted octanol–water partition coefficient (Wildman–Crippen LogP) is 4.72. The molecule has 0 N–H and O–H groups in total. The molecule has 0 saturated heterocycles. The molecule has 2 amide bonds. The van der Waals surface area contributed by atoms with Crippen molar-refractivity contribution in [1.82, 2.24) is 9.80 Å². The van der Waals surface area contributed by atoms with Crippen LogP contribution in [0.2, 0.25) is 0 Å². The maximum Gasteiger partial charge on any atom is 0.254 e. The normalized spacial score (nSPS) is 13.1. The van der Waals surface area contributed by atoms with E-state index in [0.717, 1.165) is 23.3 Å². The van der Waals surface area contributed by atoms with Crippen LogP contribution in [0.4, 0.5) is 4.39 Å². The minimum Gasteiger partial charge on any atom is -0.332 e. The van der Waals surface area contributed by atoms with Gasteiger partial charge in [0.1, 0.15) is 12.4 Å². The second kappa shape index (κ2) is 9.22. The number of hydrogen-bond acceptors (Lipinski definition) is 3. The van der Waals surface area contributed by atoms with Crippen LogP contribution >= 0.6 is 11.3 Å². The molecule has 4 rings (SSSR count). The van der Waals surface area contributed by atoms with Crippen molar-refractivity contribution in [2.45, 2.75) is 32.0 Å². The smallest absolute Gasteiger partial charge is 0.254 e. The molecule has 3 aromatic rings.